The summed E-state index contributed by atoms with van der Waals surface area (Å²) in [7, 11) is 1.65. The van der Waals surface area contributed by atoms with Crippen molar-refractivity contribution in [1.29, 1.82) is 0 Å². The van der Waals surface area contributed by atoms with Gasteiger partial charge in [-0.1, -0.05) is 46.9 Å². The molecule has 2 aromatic carbocycles. The molecule has 3 atom stereocenters. The van der Waals surface area contributed by atoms with Crippen molar-refractivity contribution in [3.05, 3.63) is 91.6 Å². The van der Waals surface area contributed by atoms with Crippen LogP contribution in [0.1, 0.15) is 68.7 Å². The van der Waals surface area contributed by atoms with E-state index in [1.54, 1.807) is 34.1 Å². The average Bonchev–Trinajstić information content (AvgIpc) is 3.90. The molecular formula is C43H50Cl3N5O7. The Hall–Kier alpha value is -4.23. The Labute approximate surface area is 354 Å². The zero-order chi connectivity index (χ0) is 41.5. The Morgan fingerprint density at radius 1 is 0.966 bits per heavy atom. The number of hydrogen-bond donors (Lipinski definition) is 1. The molecule has 4 aliphatic rings. The summed E-state index contributed by atoms with van der Waals surface area (Å²) < 4.78 is 17.3. The van der Waals surface area contributed by atoms with Crippen LogP contribution in [-0.2, 0) is 27.2 Å². The van der Waals surface area contributed by atoms with Gasteiger partial charge in [0.05, 0.1) is 35.3 Å². The fourth-order valence-electron chi connectivity index (χ4n) is 8.18. The molecule has 310 valence electrons. The number of amides is 3. The number of pyridine rings is 1. The minimum Gasteiger partial charge on any atom is -0.485 e. The molecule has 2 saturated heterocycles. The van der Waals surface area contributed by atoms with Crippen molar-refractivity contribution >= 4 is 64.3 Å². The zero-order valence-corrected chi connectivity index (χ0v) is 35.7. The summed E-state index contributed by atoms with van der Waals surface area (Å²) >= 11 is 19.7. The summed E-state index contributed by atoms with van der Waals surface area (Å²) in [6.45, 7) is 9.43. The van der Waals surface area contributed by atoms with E-state index in [0.29, 0.717) is 52.5 Å². The van der Waals surface area contributed by atoms with Gasteiger partial charge in [0.2, 0.25) is 0 Å². The summed E-state index contributed by atoms with van der Waals surface area (Å²) in [5, 5.41) is 12.1. The van der Waals surface area contributed by atoms with Crippen LogP contribution in [0.25, 0.3) is 5.57 Å². The molecule has 3 amide bonds. The van der Waals surface area contributed by atoms with Crippen molar-refractivity contribution < 1.29 is 33.7 Å². The summed E-state index contributed by atoms with van der Waals surface area (Å²) in [5.41, 5.74) is 3.80. The third-order valence-electron chi connectivity index (χ3n) is 11.0. The topological polar surface area (TPSA) is 125 Å². The third-order valence-corrected chi connectivity index (χ3v) is 12.0. The van der Waals surface area contributed by atoms with Crippen molar-refractivity contribution in [2.24, 2.45) is 0 Å². The minimum atomic E-state index is -1.15. The Balaban J connectivity index is 1.22. The highest BCUT2D eigenvalue weighted by Crippen LogP contribution is 2.42. The van der Waals surface area contributed by atoms with E-state index < -0.39 is 29.9 Å². The van der Waals surface area contributed by atoms with Gasteiger partial charge in [0.1, 0.15) is 17.5 Å². The SMILES string of the molecule is COCCc1ccc(Cl)c(CN(C(=O)C2=C(c3ccc(N4CCC(Oc5c(Cl)cc(C)cc5Cl)C4)nc3)C[C@@H]3CN(C(=O)OC(C)(C)C)C[C@H]2N3C(=O)O)C2CC2)c1. The number of hydrogen-bond acceptors (Lipinski definition) is 8. The number of carbonyl (C=O) groups excluding carboxylic acids is 2. The summed E-state index contributed by atoms with van der Waals surface area (Å²) in [6, 6.07) is 11.7. The number of carbonyl (C=O) groups is 3. The number of anilines is 1. The van der Waals surface area contributed by atoms with Crippen molar-refractivity contribution in [3.8, 4) is 5.75 Å². The highest BCUT2D eigenvalue weighted by Gasteiger charge is 2.50. The predicted octanol–water partition coefficient (Wildman–Crippen LogP) is 8.51. The van der Waals surface area contributed by atoms with E-state index in [2.05, 4.69) is 4.90 Å². The summed E-state index contributed by atoms with van der Waals surface area (Å²) in [4.78, 5) is 53.4. The lowest BCUT2D eigenvalue weighted by atomic mass is 9.81. The van der Waals surface area contributed by atoms with Crippen LogP contribution in [0.5, 0.6) is 5.75 Å². The fourth-order valence-corrected chi connectivity index (χ4v) is 9.05. The highest BCUT2D eigenvalue weighted by molar-refractivity contribution is 6.37. The maximum Gasteiger partial charge on any atom is 0.410 e. The Morgan fingerprint density at radius 3 is 2.34 bits per heavy atom. The Bertz CT molecular complexity index is 2060. The number of rotatable bonds is 11. The first-order valence-corrected chi connectivity index (χ1v) is 20.9. The van der Waals surface area contributed by atoms with Gasteiger partial charge in [0.25, 0.3) is 5.91 Å². The van der Waals surface area contributed by atoms with Gasteiger partial charge in [-0.3, -0.25) is 9.69 Å². The zero-order valence-electron chi connectivity index (χ0n) is 33.5. The molecule has 1 saturated carbocycles. The van der Waals surface area contributed by atoms with Crippen LogP contribution in [0.4, 0.5) is 15.4 Å². The normalized spacial score (nSPS) is 20.7. The van der Waals surface area contributed by atoms with Crippen LogP contribution in [0.15, 0.2) is 54.2 Å². The molecule has 1 aromatic heterocycles. The molecule has 3 aromatic rings. The minimum absolute atomic E-state index is 0.0379. The van der Waals surface area contributed by atoms with E-state index in [0.717, 1.165) is 52.9 Å². The van der Waals surface area contributed by atoms with Gasteiger partial charge in [-0.25, -0.2) is 14.6 Å². The second kappa shape index (κ2) is 17.2. The van der Waals surface area contributed by atoms with Crippen molar-refractivity contribution in [1.82, 2.24) is 19.7 Å². The highest BCUT2D eigenvalue weighted by atomic mass is 35.5. The van der Waals surface area contributed by atoms with Gasteiger partial charge in [0.15, 0.2) is 5.75 Å². The van der Waals surface area contributed by atoms with Crippen LogP contribution >= 0.6 is 34.8 Å². The van der Waals surface area contributed by atoms with Gasteiger partial charge in [-0.15, -0.1) is 0 Å². The predicted molar refractivity (Wildman–Crippen MR) is 224 cm³/mol. The second-order valence-electron chi connectivity index (χ2n) is 16.6. The van der Waals surface area contributed by atoms with E-state index in [4.69, 9.17) is 54.0 Å². The smallest absolute Gasteiger partial charge is 0.410 e. The fraction of sp³-hybridized carbons (Fsp3) is 0.488. The number of nitrogens with zero attached hydrogens (tertiary/aromatic N) is 5. The molecule has 4 heterocycles. The summed E-state index contributed by atoms with van der Waals surface area (Å²) in [6.07, 6.45) is 3.17. The van der Waals surface area contributed by atoms with Gasteiger partial charge in [-0.05, 0) is 112 Å². The molecule has 0 radical (unpaired) electrons. The van der Waals surface area contributed by atoms with Crippen molar-refractivity contribution in [2.75, 3.05) is 44.8 Å². The first-order chi connectivity index (χ1) is 27.6. The molecule has 3 aliphatic heterocycles. The van der Waals surface area contributed by atoms with Crippen LogP contribution < -0.4 is 9.64 Å². The number of aromatic nitrogens is 1. The van der Waals surface area contributed by atoms with E-state index in [9.17, 15) is 14.7 Å². The average molecular weight is 855 g/mol. The molecule has 7 rings (SSSR count). The van der Waals surface area contributed by atoms with Crippen molar-refractivity contribution in [3.63, 3.8) is 0 Å². The van der Waals surface area contributed by atoms with E-state index >= 15 is 4.79 Å². The Kier molecular flexibility index (Phi) is 12.4. The molecule has 1 N–H and O–H groups in total. The molecule has 3 fully saturated rings. The summed E-state index contributed by atoms with van der Waals surface area (Å²) in [5.74, 6) is 0.929. The first kappa shape index (κ1) is 41.9. The molecule has 1 unspecified atom stereocenters. The quantitative estimate of drug-likeness (QED) is 0.202. The first-order valence-electron chi connectivity index (χ1n) is 19.7. The van der Waals surface area contributed by atoms with Gasteiger partial charge >= 0.3 is 12.2 Å². The lowest BCUT2D eigenvalue weighted by Crippen LogP contribution is -2.65. The molecular weight excluding hydrogens is 805 g/mol. The van der Waals surface area contributed by atoms with Crippen LogP contribution in [0.3, 0.4) is 0 Å². The molecule has 58 heavy (non-hydrogen) atoms. The van der Waals surface area contributed by atoms with E-state index in [1.165, 1.54) is 9.80 Å². The monoisotopic (exact) mass is 853 g/mol. The van der Waals surface area contributed by atoms with Gasteiger partial charge < -0.3 is 34.0 Å². The number of benzene rings is 2. The molecule has 0 spiro atoms. The van der Waals surface area contributed by atoms with E-state index in [1.807, 2.05) is 54.3 Å². The van der Waals surface area contributed by atoms with Gasteiger partial charge in [-0.2, -0.15) is 0 Å². The second-order valence-corrected chi connectivity index (χ2v) is 17.8. The van der Waals surface area contributed by atoms with Crippen LogP contribution in [0.2, 0.25) is 15.1 Å². The maximum absolute atomic E-state index is 15.2. The van der Waals surface area contributed by atoms with Crippen LogP contribution in [-0.4, -0.2) is 113 Å². The standard InChI is InChI=1S/C43H50Cl3N5O7/c1-25-16-34(45)39(35(46)17-25)57-31-12-14-48(23-31)37-11-7-27(20-47-37)32-19-30-22-49(42(55)58-43(2,3)4)24-36(51(30)41(53)54)38(32)40(52)50(29-8-9-29)21-28-18-26(13-15-56-5)6-10-33(28)44/h6-7,10-11,16-18,20,29-31,36H,8-9,12-15,19,21-24H2,1-5H3,(H,53,54)/t30-,31?,36-/m1/s1. The lowest BCUT2D eigenvalue weighted by molar-refractivity contribution is -0.129. The number of piperazine rings is 1. The number of halogens is 3. The molecule has 1 aliphatic carbocycles. The molecule has 2 bridgehead atoms. The largest absolute Gasteiger partial charge is 0.485 e. The number of methoxy groups -OCH3 is 1. The Morgan fingerprint density at radius 2 is 1.71 bits per heavy atom. The van der Waals surface area contributed by atoms with Crippen molar-refractivity contribution in [2.45, 2.75) is 96.2 Å². The number of fused-ring (bicyclic) bond motifs is 2. The third kappa shape index (κ3) is 9.30. The lowest BCUT2D eigenvalue weighted by Gasteiger charge is -2.50. The van der Waals surface area contributed by atoms with Gasteiger partial charge in [0, 0.05) is 62.5 Å². The van der Waals surface area contributed by atoms with Crippen LogP contribution in [0, 0.1) is 6.92 Å². The number of carboxylic acid groups (broad SMARTS) is 1. The van der Waals surface area contributed by atoms with E-state index in [-0.39, 0.29) is 44.1 Å². The number of aryl methyl sites for hydroxylation is 1. The molecule has 12 nitrogen and oxygen atoms in total. The number of ether oxygens (including phenoxy) is 3. The maximum atomic E-state index is 15.2. The molecule has 15 heteroatoms.